The van der Waals surface area contributed by atoms with Crippen LogP contribution in [0.3, 0.4) is 0 Å². The summed E-state index contributed by atoms with van der Waals surface area (Å²) in [5.74, 6) is -2.01. The number of benzene rings is 3. The molecule has 0 bridgehead atoms. The van der Waals surface area contributed by atoms with Gasteiger partial charge in [-0.3, -0.25) is 15.1 Å². The number of hydrogen-bond donors (Lipinski definition) is 0. The van der Waals surface area contributed by atoms with Gasteiger partial charge in [-0.1, -0.05) is 35.9 Å². The summed E-state index contributed by atoms with van der Waals surface area (Å²) in [6.45, 7) is 1.97. The summed E-state index contributed by atoms with van der Waals surface area (Å²) in [6.07, 6.45) is 1.56. The van der Waals surface area contributed by atoms with Gasteiger partial charge in [0.25, 0.3) is 5.69 Å². The molecule has 8 heteroatoms. The summed E-state index contributed by atoms with van der Waals surface area (Å²) < 4.78 is 29.5. The first kappa shape index (κ1) is 18.8. The van der Waals surface area contributed by atoms with Crippen LogP contribution in [0.15, 0.2) is 66.9 Å². The molecular formula is C23H14F2N4O2. The topological polar surface area (TPSA) is 73.8 Å². The summed E-state index contributed by atoms with van der Waals surface area (Å²) in [4.78, 5) is 15.1. The van der Waals surface area contributed by atoms with Gasteiger partial charge in [-0.05, 0) is 19.1 Å². The van der Waals surface area contributed by atoms with Crippen molar-refractivity contribution >= 4 is 27.5 Å². The number of aryl methyl sites for hydroxylation is 1. The van der Waals surface area contributed by atoms with E-state index >= 15 is 0 Å². The Hall–Kier alpha value is -4.20. The molecule has 0 unspecified atom stereocenters. The van der Waals surface area contributed by atoms with Crippen LogP contribution in [0.1, 0.15) is 5.56 Å². The summed E-state index contributed by atoms with van der Waals surface area (Å²) in [7, 11) is 0. The van der Waals surface area contributed by atoms with E-state index in [1.54, 1.807) is 18.3 Å². The molecule has 0 spiro atoms. The maximum absolute atomic E-state index is 14.1. The van der Waals surface area contributed by atoms with Gasteiger partial charge in [0.15, 0.2) is 11.6 Å². The number of nitro benzene ring substituents is 1. The van der Waals surface area contributed by atoms with E-state index in [1.807, 2.05) is 31.2 Å². The second-order valence-electron chi connectivity index (χ2n) is 7.21. The highest BCUT2D eigenvalue weighted by Crippen LogP contribution is 2.35. The number of non-ortho nitro benzene ring substituents is 1. The van der Waals surface area contributed by atoms with E-state index < -0.39 is 16.6 Å². The number of fused-ring (bicyclic) bond motifs is 3. The molecule has 3 aromatic carbocycles. The van der Waals surface area contributed by atoms with Crippen LogP contribution in [0.2, 0.25) is 0 Å². The van der Waals surface area contributed by atoms with Crippen molar-refractivity contribution in [1.29, 1.82) is 0 Å². The Balaban J connectivity index is 1.90. The van der Waals surface area contributed by atoms with Crippen LogP contribution in [-0.2, 0) is 0 Å². The molecule has 0 saturated carbocycles. The lowest BCUT2D eigenvalue weighted by Gasteiger charge is -2.06. The first-order valence-corrected chi connectivity index (χ1v) is 9.41. The lowest BCUT2D eigenvalue weighted by Crippen LogP contribution is -1.99. The van der Waals surface area contributed by atoms with E-state index in [0.29, 0.717) is 27.7 Å². The van der Waals surface area contributed by atoms with Gasteiger partial charge in [0.05, 0.1) is 21.6 Å². The van der Waals surface area contributed by atoms with Crippen molar-refractivity contribution in [2.45, 2.75) is 6.92 Å². The van der Waals surface area contributed by atoms with E-state index in [0.717, 1.165) is 23.3 Å². The first-order chi connectivity index (χ1) is 14.9. The molecule has 31 heavy (non-hydrogen) atoms. The fraction of sp³-hybridized carbons (Fsp3) is 0.0435. The van der Waals surface area contributed by atoms with Crippen LogP contribution in [0.5, 0.6) is 0 Å². The molecule has 5 rings (SSSR count). The molecule has 0 aliphatic carbocycles. The lowest BCUT2D eigenvalue weighted by molar-refractivity contribution is -0.384. The van der Waals surface area contributed by atoms with Crippen molar-refractivity contribution in [3.63, 3.8) is 0 Å². The minimum Gasteiger partial charge on any atom is -0.258 e. The normalized spacial score (nSPS) is 11.3. The van der Waals surface area contributed by atoms with Gasteiger partial charge in [-0.25, -0.2) is 13.5 Å². The molecule has 0 radical (unpaired) electrons. The van der Waals surface area contributed by atoms with Crippen molar-refractivity contribution in [3.8, 4) is 16.9 Å². The molecule has 0 saturated heterocycles. The number of hydrogen-bond acceptors (Lipinski definition) is 4. The second kappa shape index (κ2) is 6.94. The lowest BCUT2D eigenvalue weighted by atomic mass is 10.1. The van der Waals surface area contributed by atoms with Crippen LogP contribution in [0, 0.1) is 28.7 Å². The third kappa shape index (κ3) is 3.09. The fourth-order valence-corrected chi connectivity index (χ4v) is 3.63. The molecule has 0 N–H and O–H groups in total. The van der Waals surface area contributed by atoms with Crippen molar-refractivity contribution < 1.29 is 13.7 Å². The van der Waals surface area contributed by atoms with E-state index in [2.05, 4.69) is 4.98 Å². The Morgan fingerprint density at radius 2 is 1.71 bits per heavy atom. The van der Waals surface area contributed by atoms with Crippen molar-refractivity contribution in [3.05, 3.63) is 94.2 Å². The van der Waals surface area contributed by atoms with Gasteiger partial charge in [0.2, 0.25) is 0 Å². The molecule has 0 fully saturated rings. The summed E-state index contributed by atoms with van der Waals surface area (Å²) in [5, 5.41) is 17.0. The van der Waals surface area contributed by atoms with Gasteiger partial charge in [0.1, 0.15) is 5.69 Å². The van der Waals surface area contributed by atoms with Gasteiger partial charge in [0, 0.05) is 40.7 Å². The molecule has 6 nitrogen and oxygen atoms in total. The van der Waals surface area contributed by atoms with Crippen molar-refractivity contribution in [2.24, 2.45) is 0 Å². The highest BCUT2D eigenvalue weighted by Gasteiger charge is 2.19. The maximum atomic E-state index is 14.1. The van der Waals surface area contributed by atoms with Crippen LogP contribution in [0.25, 0.3) is 38.8 Å². The van der Waals surface area contributed by atoms with E-state index in [9.17, 15) is 18.9 Å². The van der Waals surface area contributed by atoms with Crippen molar-refractivity contribution in [2.75, 3.05) is 0 Å². The Morgan fingerprint density at radius 1 is 0.968 bits per heavy atom. The molecular weight excluding hydrogens is 402 g/mol. The average molecular weight is 416 g/mol. The number of nitro groups is 1. The molecule has 2 aromatic heterocycles. The zero-order valence-corrected chi connectivity index (χ0v) is 16.2. The molecule has 0 amide bonds. The second-order valence-corrected chi connectivity index (χ2v) is 7.21. The minimum atomic E-state index is -1.01. The summed E-state index contributed by atoms with van der Waals surface area (Å²) >= 11 is 0. The summed E-state index contributed by atoms with van der Waals surface area (Å²) in [6, 6.07) is 15.8. The molecule has 2 heterocycles. The first-order valence-electron chi connectivity index (χ1n) is 9.41. The highest BCUT2D eigenvalue weighted by molar-refractivity contribution is 6.08. The predicted molar refractivity (Wildman–Crippen MR) is 113 cm³/mol. The van der Waals surface area contributed by atoms with Gasteiger partial charge in [-0.15, -0.1) is 0 Å². The van der Waals surface area contributed by atoms with Crippen molar-refractivity contribution in [1.82, 2.24) is 14.8 Å². The van der Waals surface area contributed by atoms with Crippen LogP contribution in [0.4, 0.5) is 14.5 Å². The Bertz CT molecular complexity index is 1490. The quantitative estimate of drug-likeness (QED) is 0.278. The van der Waals surface area contributed by atoms with E-state index in [4.69, 9.17) is 5.10 Å². The monoisotopic (exact) mass is 416 g/mol. The van der Waals surface area contributed by atoms with Crippen LogP contribution in [-0.4, -0.2) is 19.7 Å². The number of halogens is 2. The average Bonchev–Trinajstić information content (AvgIpc) is 3.15. The smallest absolute Gasteiger partial charge is 0.258 e. The maximum Gasteiger partial charge on any atom is 0.271 e. The molecule has 0 aliphatic heterocycles. The Kier molecular flexibility index (Phi) is 4.21. The van der Waals surface area contributed by atoms with Gasteiger partial charge < -0.3 is 0 Å². The number of nitrogens with zero attached hydrogens (tertiary/aromatic N) is 4. The van der Waals surface area contributed by atoms with Crippen LogP contribution < -0.4 is 0 Å². The van der Waals surface area contributed by atoms with E-state index in [1.165, 1.54) is 16.8 Å². The third-order valence-electron chi connectivity index (χ3n) is 5.16. The van der Waals surface area contributed by atoms with Crippen LogP contribution >= 0.6 is 0 Å². The fourth-order valence-electron chi connectivity index (χ4n) is 3.63. The number of rotatable bonds is 3. The largest absolute Gasteiger partial charge is 0.271 e. The van der Waals surface area contributed by atoms with E-state index in [-0.39, 0.29) is 11.2 Å². The van der Waals surface area contributed by atoms with Gasteiger partial charge >= 0.3 is 0 Å². The number of aromatic nitrogens is 3. The highest BCUT2D eigenvalue weighted by atomic mass is 19.2. The molecule has 5 aromatic rings. The molecule has 0 aliphatic rings. The zero-order valence-electron chi connectivity index (χ0n) is 16.2. The SMILES string of the molecule is Cc1ccc(-c2nn(-c3cccc([N+](=O)[O-])c3)c3c2cnc2cc(F)c(F)cc23)cc1. The molecule has 152 valence electrons. The summed E-state index contributed by atoms with van der Waals surface area (Å²) in [5.41, 5.74) is 3.54. The standard InChI is InChI=1S/C23H14F2N4O2/c1-13-5-7-14(8-6-13)22-18-12-26-21-11-20(25)19(24)10-17(21)23(18)28(27-22)15-3-2-4-16(9-15)29(30)31/h2-12H,1H3. The molecule has 0 atom stereocenters. The Morgan fingerprint density at radius 3 is 2.45 bits per heavy atom. The third-order valence-corrected chi connectivity index (χ3v) is 5.16. The predicted octanol–water partition coefficient (Wildman–Crippen LogP) is 5.74. The minimum absolute atomic E-state index is 0.103. The number of pyridine rings is 1. The van der Waals surface area contributed by atoms with Gasteiger partial charge in [-0.2, -0.15) is 5.10 Å². The Labute approximate surface area is 174 Å². The zero-order chi connectivity index (χ0) is 21.7.